The number of carbonyl (C=O) groups is 2. The van der Waals surface area contributed by atoms with Crippen LogP contribution in [0, 0.1) is 11.6 Å². The number of nitrogens with zero attached hydrogens (tertiary/aromatic N) is 2. The van der Waals surface area contributed by atoms with E-state index >= 15 is 0 Å². The quantitative estimate of drug-likeness (QED) is 0.818. The van der Waals surface area contributed by atoms with Crippen molar-refractivity contribution in [3.8, 4) is 0 Å². The molecule has 0 radical (unpaired) electrons. The fourth-order valence-electron chi connectivity index (χ4n) is 2.26. The second-order valence-electron chi connectivity index (χ2n) is 5.16. The van der Waals surface area contributed by atoms with Crippen LogP contribution in [0.2, 0.25) is 0 Å². The van der Waals surface area contributed by atoms with Crippen molar-refractivity contribution in [1.29, 1.82) is 0 Å². The predicted octanol–water partition coefficient (Wildman–Crippen LogP) is 2.12. The van der Waals surface area contributed by atoms with E-state index < -0.39 is 11.6 Å². The zero-order valence-electron chi connectivity index (χ0n) is 12.4. The van der Waals surface area contributed by atoms with Crippen LogP contribution < -0.4 is 10.2 Å². The Kier molecular flexibility index (Phi) is 5.30. The van der Waals surface area contributed by atoms with E-state index in [0.29, 0.717) is 19.6 Å². The van der Waals surface area contributed by atoms with Gasteiger partial charge >= 0.3 is 6.03 Å². The lowest BCUT2D eigenvalue weighted by molar-refractivity contribution is -0.121. The van der Waals surface area contributed by atoms with Gasteiger partial charge in [0.1, 0.15) is 6.54 Å². The molecule has 1 aromatic rings. The topological polar surface area (TPSA) is 52.7 Å². The Morgan fingerprint density at radius 3 is 2.73 bits per heavy atom. The van der Waals surface area contributed by atoms with Crippen molar-refractivity contribution >= 4 is 17.6 Å². The smallest absolute Gasteiger partial charge is 0.325 e. The molecule has 1 saturated heterocycles. The summed E-state index contributed by atoms with van der Waals surface area (Å²) in [5.41, 5.74) is 0.290. The molecule has 0 aromatic heterocycles. The highest BCUT2D eigenvalue weighted by Crippen LogP contribution is 2.22. The molecule has 1 aliphatic rings. The van der Waals surface area contributed by atoms with Gasteiger partial charge in [-0.3, -0.25) is 9.69 Å². The van der Waals surface area contributed by atoms with Gasteiger partial charge in [0.2, 0.25) is 5.91 Å². The van der Waals surface area contributed by atoms with Crippen LogP contribution in [-0.4, -0.2) is 43.0 Å². The summed E-state index contributed by atoms with van der Waals surface area (Å²) < 4.78 is 26.2. The lowest BCUT2D eigenvalue weighted by Crippen LogP contribution is -2.40. The molecule has 3 amide bonds. The Balaban J connectivity index is 1.94. The molecule has 22 heavy (non-hydrogen) atoms. The van der Waals surface area contributed by atoms with Gasteiger partial charge in [0.05, 0.1) is 0 Å². The lowest BCUT2D eigenvalue weighted by Gasteiger charge is -2.18. The highest BCUT2D eigenvalue weighted by molar-refractivity contribution is 5.96. The van der Waals surface area contributed by atoms with Crippen molar-refractivity contribution in [2.45, 2.75) is 19.8 Å². The highest BCUT2D eigenvalue weighted by Gasteiger charge is 2.31. The van der Waals surface area contributed by atoms with E-state index in [4.69, 9.17) is 0 Å². The number of rotatable bonds is 6. The number of amides is 3. The van der Waals surface area contributed by atoms with E-state index in [1.807, 2.05) is 6.92 Å². The number of nitrogens with one attached hydrogen (secondary N) is 1. The van der Waals surface area contributed by atoms with Crippen molar-refractivity contribution in [3.05, 3.63) is 29.8 Å². The summed E-state index contributed by atoms with van der Waals surface area (Å²) >= 11 is 0. The van der Waals surface area contributed by atoms with Crippen LogP contribution in [0.25, 0.3) is 0 Å². The van der Waals surface area contributed by atoms with E-state index in [0.717, 1.165) is 25.0 Å². The molecule has 5 nitrogen and oxygen atoms in total. The van der Waals surface area contributed by atoms with Gasteiger partial charge in [-0.1, -0.05) is 13.3 Å². The summed E-state index contributed by atoms with van der Waals surface area (Å²) in [4.78, 5) is 26.7. The maximum absolute atomic E-state index is 13.2. The Morgan fingerprint density at radius 1 is 1.27 bits per heavy atom. The van der Waals surface area contributed by atoms with E-state index in [1.54, 1.807) is 0 Å². The van der Waals surface area contributed by atoms with Crippen LogP contribution in [0.3, 0.4) is 0 Å². The molecule has 0 unspecified atom stereocenters. The first-order chi connectivity index (χ1) is 10.5. The molecule has 7 heteroatoms. The van der Waals surface area contributed by atoms with Crippen molar-refractivity contribution in [2.24, 2.45) is 0 Å². The average Bonchev–Trinajstić information content (AvgIpc) is 2.84. The number of anilines is 1. The minimum atomic E-state index is -0.999. The van der Waals surface area contributed by atoms with E-state index in [-0.39, 0.29) is 24.2 Å². The first-order valence-electron chi connectivity index (χ1n) is 7.31. The van der Waals surface area contributed by atoms with Gasteiger partial charge in [0.25, 0.3) is 0 Å². The van der Waals surface area contributed by atoms with Gasteiger partial charge in [-0.05, 0) is 18.6 Å². The largest absolute Gasteiger partial charge is 0.355 e. The monoisotopic (exact) mass is 311 g/mol. The number of halogens is 2. The first-order valence-corrected chi connectivity index (χ1v) is 7.31. The normalized spacial score (nSPS) is 14.6. The van der Waals surface area contributed by atoms with Gasteiger partial charge < -0.3 is 10.2 Å². The summed E-state index contributed by atoms with van der Waals surface area (Å²) in [5.74, 6) is -2.17. The van der Waals surface area contributed by atoms with Crippen LogP contribution >= 0.6 is 0 Å². The first kappa shape index (κ1) is 16.2. The molecule has 2 rings (SSSR count). The Labute approximate surface area is 127 Å². The minimum Gasteiger partial charge on any atom is -0.355 e. The Bertz CT molecular complexity index is 566. The highest BCUT2D eigenvalue weighted by atomic mass is 19.2. The third-order valence-electron chi connectivity index (χ3n) is 3.50. The van der Waals surface area contributed by atoms with Gasteiger partial charge in [-0.2, -0.15) is 0 Å². The standard InChI is InChI=1S/C15H19F2N3O2/c1-2-3-6-18-14(21)10-19-7-8-20(15(19)22)11-4-5-12(16)13(17)9-11/h4-5,9H,2-3,6-8,10H2,1H3,(H,18,21). The van der Waals surface area contributed by atoms with Crippen molar-refractivity contribution in [2.75, 3.05) is 31.1 Å². The maximum Gasteiger partial charge on any atom is 0.325 e. The van der Waals surface area contributed by atoms with E-state index in [1.165, 1.54) is 15.9 Å². The van der Waals surface area contributed by atoms with Crippen LogP contribution in [0.1, 0.15) is 19.8 Å². The summed E-state index contributed by atoms with van der Waals surface area (Å²) in [5, 5.41) is 2.74. The third-order valence-corrected chi connectivity index (χ3v) is 3.50. The Hall–Kier alpha value is -2.18. The zero-order valence-corrected chi connectivity index (χ0v) is 12.4. The molecule has 1 aromatic carbocycles. The van der Waals surface area contributed by atoms with Crippen LogP contribution in [0.15, 0.2) is 18.2 Å². The Morgan fingerprint density at radius 2 is 2.05 bits per heavy atom. The summed E-state index contributed by atoms with van der Waals surface area (Å²) in [6.45, 7) is 3.30. The maximum atomic E-state index is 13.2. The van der Waals surface area contributed by atoms with Gasteiger partial charge in [0, 0.05) is 31.4 Å². The summed E-state index contributed by atoms with van der Waals surface area (Å²) in [6.07, 6.45) is 1.87. The predicted molar refractivity (Wildman–Crippen MR) is 78.6 cm³/mol. The zero-order chi connectivity index (χ0) is 16.1. The number of unbranched alkanes of at least 4 members (excludes halogenated alkanes) is 1. The van der Waals surface area contributed by atoms with Crippen molar-refractivity contribution in [1.82, 2.24) is 10.2 Å². The van der Waals surface area contributed by atoms with Crippen LogP contribution in [0.4, 0.5) is 19.3 Å². The van der Waals surface area contributed by atoms with E-state index in [2.05, 4.69) is 5.32 Å². The molecule has 0 aliphatic carbocycles. The molecule has 0 bridgehead atoms. The number of hydrogen-bond acceptors (Lipinski definition) is 2. The molecule has 0 spiro atoms. The number of carbonyl (C=O) groups excluding carboxylic acids is 2. The molecule has 0 atom stereocenters. The molecular weight excluding hydrogens is 292 g/mol. The average molecular weight is 311 g/mol. The van der Waals surface area contributed by atoms with Crippen molar-refractivity contribution < 1.29 is 18.4 Å². The van der Waals surface area contributed by atoms with Gasteiger partial charge in [-0.25, -0.2) is 13.6 Å². The summed E-state index contributed by atoms with van der Waals surface area (Å²) in [6, 6.07) is 2.94. The SMILES string of the molecule is CCCCNC(=O)CN1CCN(c2ccc(F)c(F)c2)C1=O. The minimum absolute atomic E-state index is 0.0251. The molecule has 1 N–H and O–H groups in total. The third kappa shape index (κ3) is 3.72. The van der Waals surface area contributed by atoms with Gasteiger partial charge in [-0.15, -0.1) is 0 Å². The molecule has 120 valence electrons. The lowest BCUT2D eigenvalue weighted by atomic mass is 10.3. The molecule has 1 heterocycles. The van der Waals surface area contributed by atoms with Gasteiger partial charge in [0.15, 0.2) is 11.6 Å². The van der Waals surface area contributed by atoms with Crippen molar-refractivity contribution in [3.63, 3.8) is 0 Å². The second-order valence-corrected chi connectivity index (χ2v) is 5.16. The number of urea groups is 1. The number of benzene rings is 1. The molecule has 1 aliphatic heterocycles. The summed E-state index contributed by atoms with van der Waals surface area (Å²) in [7, 11) is 0. The molecular formula is C15H19F2N3O2. The second kappa shape index (κ2) is 7.20. The van der Waals surface area contributed by atoms with Crippen LogP contribution in [-0.2, 0) is 4.79 Å². The molecule has 0 saturated carbocycles. The fourth-order valence-corrected chi connectivity index (χ4v) is 2.26. The van der Waals surface area contributed by atoms with E-state index in [9.17, 15) is 18.4 Å². The fraction of sp³-hybridized carbons (Fsp3) is 0.467. The van der Waals surface area contributed by atoms with Crippen LogP contribution in [0.5, 0.6) is 0 Å². The molecule has 1 fully saturated rings. The number of hydrogen-bond donors (Lipinski definition) is 1.